The molecule has 1 aromatic heterocycles. The number of likely N-dealkylation sites (N-methyl/N-ethyl adjacent to an activating group) is 1. The second-order valence-electron chi connectivity index (χ2n) is 10.4. The van der Waals surface area contributed by atoms with Crippen LogP contribution in [0.2, 0.25) is 5.02 Å². The number of nitrogens with two attached hydrogens (primary N) is 1. The van der Waals surface area contributed by atoms with Crippen molar-refractivity contribution in [2.24, 2.45) is 5.73 Å². The molecule has 4 amide bonds. The third-order valence-corrected chi connectivity index (χ3v) is 6.50. The minimum atomic E-state index is -0.811. The molecule has 2 heterocycles. The molecular weight excluding hydrogens is 544 g/mol. The van der Waals surface area contributed by atoms with Crippen LogP contribution in [0.3, 0.4) is 0 Å². The SMILES string of the molecule is CN.Cc1ccc(N2Cc3nc(NC(=O)[C@H](C)N(C)C(=O)OC(C)(C)C)ccc3N(c3ccc(Cl)cc3)C2=O)cc1. The summed E-state index contributed by atoms with van der Waals surface area (Å²) in [6, 6.07) is 17.0. The number of benzene rings is 2. The fourth-order valence-corrected chi connectivity index (χ4v) is 4.12. The summed E-state index contributed by atoms with van der Waals surface area (Å²) in [4.78, 5) is 48.3. The van der Waals surface area contributed by atoms with Crippen LogP contribution >= 0.6 is 11.6 Å². The number of ether oxygens (including phenoxy) is 1. The Bertz CT molecular complexity index is 1390. The van der Waals surface area contributed by atoms with Crippen molar-refractivity contribution in [2.45, 2.75) is 52.8 Å². The summed E-state index contributed by atoms with van der Waals surface area (Å²) in [6.07, 6.45) is -0.602. The predicted molar refractivity (Wildman–Crippen MR) is 163 cm³/mol. The van der Waals surface area contributed by atoms with Gasteiger partial charge < -0.3 is 15.8 Å². The number of fused-ring (bicyclic) bond motifs is 1. The summed E-state index contributed by atoms with van der Waals surface area (Å²) >= 11 is 6.10. The molecule has 0 saturated carbocycles. The van der Waals surface area contributed by atoms with Crippen molar-refractivity contribution in [1.29, 1.82) is 0 Å². The lowest BCUT2D eigenvalue weighted by molar-refractivity contribution is -0.120. The summed E-state index contributed by atoms with van der Waals surface area (Å²) in [5.41, 5.74) is 7.44. The molecule has 1 atom stereocenters. The number of halogens is 1. The summed E-state index contributed by atoms with van der Waals surface area (Å²) < 4.78 is 5.37. The maximum atomic E-state index is 13.7. The second kappa shape index (κ2) is 13.0. The third kappa shape index (κ3) is 7.53. The number of aryl methyl sites for hydroxylation is 1. The largest absolute Gasteiger partial charge is 0.444 e. The van der Waals surface area contributed by atoms with E-state index in [4.69, 9.17) is 21.3 Å². The first-order chi connectivity index (χ1) is 19.3. The third-order valence-electron chi connectivity index (χ3n) is 6.24. The van der Waals surface area contributed by atoms with Gasteiger partial charge in [-0.05, 0) is 90.2 Å². The molecular formula is C30H37ClN6O4. The Balaban J connectivity index is 0.00000226. The number of hydrogen-bond acceptors (Lipinski definition) is 6. The van der Waals surface area contributed by atoms with Crippen LogP contribution in [0, 0.1) is 6.92 Å². The van der Waals surface area contributed by atoms with E-state index in [-0.39, 0.29) is 12.6 Å². The Morgan fingerprint density at radius 1 is 1.02 bits per heavy atom. The van der Waals surface area contributed by atoms with Gasteiger partial charge >= 0.3 is 12.1 Å². The first kappa shape index (κ1) is 31.4. The number of anilines is 4. The fourth-order valence-electron chi connectivity index (χ4n) is 3.99. The van der Waals surface area contributed by atoms with Crippen LogP contribution in [0.5, 0.6) is 0 Å². The number of nitrogens with one attached hydrogen (secondary N) is 1. The smallest absolute Gasteiger partial charge is 0.410 e. The van der Waals surface area contributed by atoms with Crippen LogP contribution in [-0.2, 0) is 16.1 Å². The first-order valence-electron chi connectivity index (χ1n) is 13.1. The molecule has 11 heteroatoms. The summed E-state index contributed by atoms with van der Waals surface area (Å²) in [7, 11) is 3.01. The first-order valence-corrected chi connectivity index (χ1v) is 13.5. The number of carbonyl (C=O) groups excluding carboxylic acids is 3. The Morgan fingerprint density at radius 2 is 1.61 bits per heavy atom. The normalized spacial score (nSPS) is 13.4. The van der Waals surface area contributed by atoms with Crippen LogP contribution in [0.4, 0.5) is 32.5 Å². The zero-order valence-electron chi connectivity index (χ0n) is 24.4. The van der Waals surface area contributed by atoms with E-state index in [1.807, 2.05) is 31.2 Å². The van der Waals surface area contributed by atoms with Gasteiger partial charge in [-0.1, -0.05) is 29.3 Å². The lowest BCUT2D eigenvalue weighted by Crippen LogP contribution is -2.46. The maximum absolute atomic E-state index is 13.7. The second-order valence-corrected chi connectivity index (χ2v) is 10.9. The molecule has 0 saturated heterocycles. The molecule has 3 N–H and O–H groups in total. The van der Waals surface area contributed by atoms with Gasteiger partial charge in [0.1, 0.15) is 17.5 Å². The van der Waals surface area contributed by atoms with Gasteiger partial charge in [-0.2, -0.15) is 0 Å². The van der Waals surface area contributed by atoms with Gasteiger partial charge in [0.2, 0.25) is 5.91 Å². The molecule has 4 rings (SSSR count). The maximum Gasteiger partial charge on any atom is 0.410 e. The monoisotopic (exact) mass is 580 g/mol. The Labute approximate surface area is 246 Å². The summed E-state index contributed by atoms with van der Waals surface area (Å²) in [6.45, 7) is 9.08. The average Bonchev–Trinajstić information content (AvgIpc) is 2.93. The number of hydrogen-bond donors (Lipinski definition) is 2. The molecule has 0 radical (unpaired) electrons. The van der Waals surface area contributed by atoms with Crippen LogP contribution in [0.15, 0.2) is 60.7 Å². The number of urea groups is 1. The van der Waals surface area contributed by atoms with Crippen molar-refractivity contribution in [3.63, 3.8) is 0 Å². The highest BCUT2D eigenvalue weighted by Gasteiger charge is 2.34. The van der Waals surface area contributed by atoms with Crippen molar-refractivity contribution < 1.29 is 19.1 Å². The van der Waals surface area contributed by atoms with E-state index in [2.05, 4.69) is 11.1 Å². The van der Waals surface area contributed by atoms with Crippen LogP contribution in [-0.4, -0.2) is 53.7 Å². The highest BCUT2D eigenvalue weighted by atomic mass is 35.5. The van der Waals surface area contributed by atoms with E-state index < -0.39 is 23.6 Å². The van der Waals surface area contributed by atoms with Gasteiger partial charge in [-0.25, -0.2) is 14.6 Å². The van der Waals surface area contributed by atoms with Crippen molar-refractivity contribution >= 4 is 52.5 Å². The molecule has 2 aromatic carbocycles. The number of carbonyl (C=O) groups is 3. The standard InChI is InChI=1S/C29H32ClN5O4.CH5N/c1-18-7-11-21(12-8-18)34-17-23-24(35(27(34)37)22-13-9-20(30)10-14-22)15-16-25(31-23)32-26(36)19(2)33(6)28(38)39-29(3,4)5;1-2/h7-16,19H,17H2,1-6H3,(H,31,32,36);2H2,1H3/t19-;/m0./s1. The van der Waals surface area contributed by atoms with Gasteiger partial charge in [0.15, 0.2) is 0 Å². The van der Waals surface area contributed by atoms with E-state index in [1.165, 1.54) is 19.0 Å². The summed E-state index contributed by atoms with van der Waals surface area (Å²) in [5.74, 6) is -0.120. The molecule has 3 aromatic rings. The highest BCUT2D eigenvalue weighted by Crippen LogP contribution is 2.37. The predicted octanol–water partition coefficient (Wildman–Crippen LogP) is 6.09. The molecule has 1 aliphatic rings. The van der Waals surface area contributed by atoms with Crippen LogP contribution in [0.25, 0.3) is 0 Å². The molecule has 0 unspecified atom stereocenters. The highest BCUT2D eigenvalue weighted by molar-refractivity contribution is 6.30. The van der Waals surface area contributed by atoms with Crippen LogP contribution < -0.4 is 20.9 Å². The van der Waals surface area contributed by atoms with Crippen molar-refractivity contribution in [1.82, 2.24) is 9.88 Å². The number of amides is 4. The molecule has 0 fully saturated rings. The van der Waals surface area contributed by atoms with E-state index in [9.17, 15) is 14.4 Å². The fraction of sp³-hybridized carbons (Fsp3) is 0.333. The number of pyridine rings is 1. The lowest BCUT2D eigenvalue weighted by Gasteiger charge is -2.36. The van der Waals surface area contributed by atoms with E-state index in [0.717, 1.165) is 11.3 Å². The van der Waals surface area contributed by atoms with Crippen LogP contribution in [0.1, 0.15) is 39.0 Å². The van der Waals surface area contributed by atoms with Gasteiger partial charge in [-0.3, -0.25) is 19.5 Å². The molecule has 0 aliphatic carbocycles. The molecule has 0 spiro atoms. The van der Waals surface area contributed by atoms with Crippen molar-refractivity contribution in [2.75, 3.05) is 29.2 Å². The quantitative estimate of drug-likeness (QED) is 0.377. The molecule has 41 heavy (non-hydrogen) atoms. The zero-order valence-corrected chi connectivity index (χ0v) is 25.2. The van der Waals surface area contributed by atoms with Gasteiger partial charge in [0.05, 0.1) is 23.6 Å². The molecule has 10 nitrogen and oxygen atoms in total. The van der Waals surface area contributed by atoms with Crippen molar-refractivity contribution in [3.8, 4) is 0 Å². The minimum absolute atomic E-state index is 0.207. The van der Waals surface area contributed by atoms with Gasteiger partial charge in [0.25, 0.3) is 0 Å². The number of aromatic nitrogens is 1. The van der Waals surface area contributed by atoms with E-state index >= 15 is 0 Å². The zero-order chi connectivity index (χ0) is 30.5. The molecule has 218 valence electrons. The summed E-state index contributed by atoms with van der Waals surface area (Å²) in [5, 5.41) is 3.34. The Hall–Kier alpha value is -4.15. The molecule has 0 bridgehead atoms. The van der Waals surface area contributed by atoms with Gasteiger partial charge in [-0.15, -0.1) is 0 Å². The van der Waals surface area contributed by atoms with Gasteiger partial charge in [0, 0.05) is 17.8 Å². The average molecular weight is 581 g/mol. The topological polar surface area (TPSA) is 121 Å². The minimum Gasteiger partial charge on any atom is -0.444 e. The van der Waals surface area contributed by atoms with Crippen molar-refractivity contribution in [3.05, 3.63) is 76.9 Å². The molecule has 1 aliphatic heterocycles. The number of rotatable bonds is 5. The number of nitrogens with zero attached hydrogens (tertiary/aromatic N) is 4. The van der Waals surface area contributed by atoms with E-state index in [1.54, 1.807) is 73.9 Å². The lowest BCUT2D eigenvalue weighted by atomic mass is 10.1. The van der Waals surface area contributed by atoms with E-state index in [0.29, 0.717) is 27.9 Å². The Kier molecular flexibility index (Phi) is 9.96. The Morgan fingerprint density at radius 3 is 2.20 bits per heavy atom.